The zero-order chi connectivity index (χ0) is 20.8. The highest BCUT2D eigenvalue weighted by molar-refractivity contribution is 6.09. The molecule has 0 fully saturated rings. The molecule has 0 aliphatic heterocycles. The number of amides is 2. The van der Waals surface area contributed by atoms with Gasteiger partial charge in [0.05, 0.1) is 18.2 Å². The number of rotatable bonds is 7. The van der Waals surface area contributed by atoms with Crippen LogP contribution in [0.3, 0.4) is 0 Å². The Morgan fingerprint density at radius 3 is 2.69 bits per heavy atom. The number of pyridine rings is 1. The van der Waals surface area contributed by atoms with Crippen molar-refractivity contribution in [1.29, 1.82) is 0 Å². The zero-order valence-corrected chi connectivity index (χ0v) is 16.3. The molecule has 8 heteroatoms. The fraction of sp³-hybridized carbons (Fsp3) is 0.238. The van der Waals surface area contributed by atoms with Crippen molar-refractivity contribution in [3.05, 3.63) is 65.7 Å². The molecule has 3 rings (SSSR count). The molecule has 0 radical (unpaired) electrons. The number of fused-ring (bicyclic) bond motifs is 1. The maximum Gasteiger partial charge on any atom is 0.337 e. The Labute approximate surface area is 167 Å². The molecule has 2 heterocycles. The number of unbranched alkanes of at least 4 members (excludes halogenated alkanes) is 1. The Morgan fingerprint density at radius 2 is 1.93 bits per heavy atom. The van der Waals surface area contributed by atoms with Crippen LogP contribution in [-0.2, 0) is 4.74 Å². The first kappa shape index (κ1) is 20.1. The first-order chi connectivity index (χ1) is 14.0. The van der Waals surface area contributed by atoms with E-state index in [4.69, 9.17) is 4.74 Å². The number of nitrogens with zero attached hydrogens (tertiary/aromatic N) is 2. The number of ether oxygens (including phenoxy) is 1. The van der Waals surface area contributed by atoms with Crippen molar-refractivity contribution in [2.45, 2.75) is 19.8 Å². The minimum absolute atomic E-state index is 0.120. The third kappa shape index (κ3) is 4.43. The number of carbonyl (C=O) groups is 3. The highest BCUT2D eigenvalue weighted by atomic mass is 16.5. The van der Waals surface area contributed by atoms with E-state index in [9.17, 15) is 14.4 Å². The fourth-order valence-corrected chi connectivity index (χ4v) is 2.85. The summed E-state index contributed by atoms with van der Waals surface area (Å²) in [5.41, 5.74) is 1.37. The van der Waals surface area contributed by atoms with Gasteiger partial charge in [-0.3, -0.25) is 14.0 Å². The molecule has 2 aromatic heterocycles. The molecule has 8 nitrogen and oxygen atoms in total. The molecule has 3 aromatic rings. The summed E-state index contributed by atoms with van der Waals surface area (Å²) in [6.45, 7) is 2.58. The predicted molar refractivity (Wildman–Crippen MR) is 108 cm³/mol. The molecule has 0 saturated heterocycles. The van der Waals surface area contributed by atoms with Gasteiger partial charge in [-0.05, 0) is 36.8 Å². The number of nitrogens with one attached hydrogen (secondary N) is 2. The lowest BCUT2D eigenvalue weighted by Crippen LogP contribution is -2.26. The van der Waals surface area contributed by atoms with Crippen LogP contribution < -0.4 is 10.6 Å². The van der Waals surface area contributed by atoms with Crippen LogP contribution in [0, 0.1) is 0 Å². The SMILES string of the molecule is CCCCNC(=O)c1nc(C(=O)Nc2cccc(C(=O)OC)c2)c2ccccn12. The first-order valence-corrected chi connectivity index (χ1v) is 9.30. The number of benzene rings is 1. The van der Waals surface area contributed by atoms with Gasteiger partial charge in [0.1, 0.15) is 0 Å². The van der Waals surface area contributed by atoms with E-state index in [-0.39, 0.29) is 17.4 Å². The average molecular weight is 394 g/mol. The van der Waals surface area contributed by atoms with Crippen molar-refractivity contribution in [3.8, 4) is 0 Å². The normalized spacial score (nSPS) is 10.6. The van der Waals surface area contributed by atoms with Gasteiger partial charge in [0.15, 0.2) is 5.69 Å². The van der Waals surface area contributed by atoms with E-state index < -0.39 is 11.9 Å². The topological polar surface area (TPSA) is 102 Å². The largest absolute Gasteiger partial charge is 0.465 e. The maximum atomic E-state index is 12.8. The lowest BCUT2D eigenvalue weighted by atomic mass is 10.2. The summed E-state index contributed by atoms with van der Waals surface area (Å²) in [7, 11) is 1.29. The molecular weight excluding hydrogens is 372 g/mol. The molecule has 0 saturated carbocycles. The number of hydrogen-bond acceptors (Lipinski definition) is 5. The Balaban J connectivity index is 1.89. The second kappa shape index (κ2) is 9.01. The highest BCUT2D eigenvalue weighted by Gasteiger charge is 2.21. The Morgan fingerprint density at radius 1 is 1.10 bits per heavy atom. The van der Waals surface area contributed by atoms with Gasteiger partial charge in [-0.1, -0.05) is 25.5 Å². The molecular formula is C21H22N4O4. The van der Waals surface area contributed by atoms with Crippen LogP contribution in [0.15, 0.2) is 48.7 Å². The molecule has 0 unspecified atom stereocenters. The van der Waals surface area contributed by atoms with Gasteiger partial charge < -0.3 is 15.4 Å². The van der Waals surface area contributed by atoms with Gasteiger partial charge in [0, 0.05) is 18.4 Å². The standard InChI is InChI=1S/C21H22N4O4/c1-3-4-11-22-20(27)18-24-17(16-10-5-6-12-25(16)18)19(26)23-15-9-7-8-14(13-15)21(28)29-2/h5-10,12-13H,3-4,11H2,1-2H3,(H,22,27)(H,23,26). The number of esters is 1. The van der Waals surface area contributed by atoms with Crippen LogP contribution in [0.5, 0.6) is 0 Å². The second-order valence-electron chi connectivity index (χ2n) is 6.38. The number of aromatic nitrogens is 2. The summed E-state index contributed by atoms with van der Waals surface area (Å²) in [6, 6.07) is 11.6. The monoisotopic (exact) mass is 394 g/mol. The van der Waals surface area contributed by atoms with Gasteiger partial charge in [0.2, 0.25) is 5.82 Å². The quantitative estimate of drug-likeness (QED) is 0.474. The van der Waals surface area contributed by atoms with Crippen molar-refractivity contribution in [2.24, 2.45) is 0 Å². The second-order valence-corrected chi connectivity index (χ2v) is 6.38. The third-order valence-electron chi connectivity index (χ3n) is 4.32. The van der Waals surface area contributed by atoms with Crippen LogP contribution >= 0.6 is 0 Å². The molecule has 0 aliphatic rings. The molecule has 29 heavy (non-hydrogen) atoms. The van der Waals surface area contributed by atoms with Gasteiger partial charge >= 0.3 is 5.97 Å². The van der Waals surface area contributed by atoms with Crippen LogP contribution in [-0.4, -0.2) is 40.8 Å². The van der Waals surface area contributed by atoms with Crippen molar-refractivity contribution in [1.82, 2.24) is 14.7 Å². The lowest BCUT2D eigenvalue weighted by molar-refractivity contribution is 0.0600. The summed E-state index contributed by atoms with van der Waals surface area (Å²) < 4.78 is 6.28. The van der Waals surface area contributed by atoms with Crippen LogP contribution in [0.1, 0.15) is 51.2 Å². The van der Waals surface area contributed by atoms with Crippen molar-refractivity contribution in [3.63, 3.8) is 0 Å². The maximum absolute atomic E-state index is 12.8. The smallest absolute Gasteiger partial charge is 0.337 e. The lowest BCUT2D eigenvalue weighted by Gasteiger charge is -2.05. The molecule has 1 aromatic carbocycles. The first-order valence-electron chi connectivity index (χ1n) is 9.30. The van der Waals surface area contributed by atoms with Crippen LogP contribution in [0.25, 0.3) is 5.52 Å². The number of anilines is 1. The highest BCUT2D eigenvalue weighted by Crippen LogP contribution is 2.17. The van der Waals surface area contributed by atoms with Gasteiger partial charge in [-0.25, -0.2) is 9.78 Å². The van der Waals surface area contributed by atoms with Crippen molar-refractivity contribution < 1.29 is 19.1 Å². The number of imidazole rings is 1. The number of carbonyl (C=O) groups excluding carboxylic acids is 3. The number of hydrogen-bond donors (Lipinski definition) is 2. The zero-order valence-electron chi connectivity index (χ0n) is 16.3. The van der Waals surface area contributed by atoms with Gasteiger partial charge in [-0.15, -0.1) is 0 Å². The Bertz CT molecular complexity index is 1060. The van der Waals surface area contributed by atoms with Crippen LogP contribution in [0.4, 0.5) is 5.69 Å². The van der Waals surface area contributed by atoms with Gasteiger partial charge in [-0.2, -0.15) is 0 Å². The van der Waals surface area contributed by atoms with E-state index in [1.807, 2.05) is 6.92 Å². The molecule has 0 aliphatic carbocycles. The average Bonchev–Trinajstić information content (AvgIpc) is 3.13. The molecule has 2 N–H and O–H groups in total. The van der Waals surface area contributed by atoms with E-state index in [1.54, 1.807) is 47.0 Å². The molecule has 2 amide bonds. The minimum Gasteiger partial charge on any atom is -0.465 e. The Hall–Kier alpha value is -3.68. The van der Waals surface area contributed by atoms with E-state index in [0.717, 1.165) is 12.8 Å². The summed E-state index contributed by atoms with van der Waals surface area (Å²) in [4.78, 5) is 41.3. The van der Waals surface area contributed by atoms with E-state index >= 15 is 0 Å². The van der Waals surface area contributed by atoms with Crippen molar-refractivity contribution in [2.75, 3.05) is 19.0 Å². The number of methoxy groups -OCH3 is 1. The summed E-state index contributed by atoms with van der Waals surface area (Å²) in [5.74, 6) is -1.18. The van der Waals surface area contributed by atoms with Crippen molar-refractivity contribution >= 4 is 29.0 Å². The predicted octanol–water partition coefficient (Wildman–Crippen LogP) is 2.90. The van der Waals surface area contributed by atoms with Crippen LogP contribution in [0.2, 0.25) is 0 Å². The Kier molecular flexibility index (Phi) is 6.23. The molecule has 0 atom stereocenters. The fourth-order valence-electron chi connectivity index (χ4n) is 2.85. The van der Waals surface area contributed by atoms with E-state index in [1.165, 1.54) is 13.2 Å². The summed E-state index contributed by atoms with van der Waals surface area (Å²) in [5, 5.41) is 5.54. The third-order valence-corrected chi connectivity index (χ3v) is 4.32. The molecule has 0 spiro atoms. The molecule has 150 valence electrons. The minimum atomic E-state index is -0.500. The van der Waals surface area contributed by atoms with Gasteiger partial charge in [0.25, 0.3) is 11.8 Å². The summed E-state index contributed by atoms with van der Waals surface area (Å²) in [6.07, 6.45) is 3.51. The summed E-state index contributed by atoms with van der Waals surface area (Å²) >= 11 is 0. The van der Waals surface area contributed by atoms with E-state index in [2.05, 4.69) is 15.6 Å². The molecule has 0 bridgehead atoms. The van der Waals surface area contributed by atoms with E-state index in [0.29, 0.717) is 23.3 Å².